The monoisotopic (exact) mass is 290 g/mol. The number of rotatable bonds is 5. The van der Waals surface area contributed by atoms with Crippen molar-refractivity contribution < 1.29 is 0 Å². The Morgan fingerprint density at radius 2 is 1.95 bits per heavy atom. The highest BCUT2D eigenvalue weighted by Gasteiger charge is 2.11. The van der Waals surface area contributed by atoms with E-state index in [0.29, 0.717) is 5.02 Å². The lowest BCUT2D eigenvalue weighted by molar-refractivity contribution is 0.905. The molecule has 0 saturated carbocycles. The van der Waals surface area contributed by atoms with Gasteiger partial charge in [-0.15, -0.1) is 0 Å². The zero-order chi connectivity index (χ0) is 14.5. The molecule has 0 fully saturated rings. The van der Waals surface area contributed by atoms with E-state index in [-0.39, 0.29) is 0 Å². The Balaban J connectivity index is 2.37. The van der Waals surface area contributed by atoms with Gasteiger partial charge < -0.3 is 10.6 Å². The van der Waals surface area contributed by atoms with Crippen LogP contribution in [0.25, 0.3) is 0 Å². The summed E-state index contributed by atoms with van der Waals surface area (Å²) in [6.07, 6.45) is 3.48. The van der Waals surface area contributed by atoms with Crippen LogP contribution in [0.1, 0.15) is 24.5 Å². The molecule has 20 heavy (non-hydrogen) atoms. The van der Waals surface area contributed by atoms with Gasteiger partial charge in [0, 0.05) is 12.6 Å². The van der Waals surface area contributed by atoms with E-state index in [1.165, 1.54) is 0 Å². The van der Waals surface area contributed by atoms with Gasteiger partial charge in [0.15, 0.2) is 0 Å². The third kappa shape index (κ3) is 3.20. The van der Waals surface area contributed by atoms with Gasteiger partial charge in [-0.1, -0.05) is 31.0 Å². The van der Waals surface area contributed by atoms with E-state index in [1.54, 1.807) is 6.33 Å². The average molecular weight is 291 g/mol. The van der Waals surface area contributed by atoms with Crippen LogP contribution in [0.5, 0.6) is 0 Å². The highest BCUT2D eigenvalue weighted by atomic mass is 35.5. The van der Waals surface area contributed by atoms with Crippen molar-refractivity contribution in [3.05, 3.63) is 40.7 Å². The predicted octanol–water partition coefficient (Wildman–Crippen LogP) is 4.18. The minimum Gasteiger partial charge on any atom is -0.373 e. The lowest BCUT2D eigenvalue weighted by Crippen LogP contribution is -2.05. The summed E-state index contributed by atoms with van der Waals surface area (Å²) < 4.78 is 0. The molecule has 0 aliphatic carbocycles. The number of nitrogens with zero attached hydrogens (tertiary/aromatic N) is 2. The largest absolute Gasteiger partial charge is 0.373 e. The van der Waals surface area contributed by atoms with Gasteiger partial charge in [0.1, 0.15) is 18.0 Å². The number of halogens is 1. The Kier molecular flexibility index (Phi) is 4.79. The quantitative estimate of drug-likeness (QED) is 0.867. The molecular formula is C15H19ClN4. The van der Waals surface area contributed by atoms with Gasteiger partial charge in [0.05, 0.1) is 10.7 Å². The van der Waals surface area contributed by atoms with Gasteiger partial charge in [-0.2, -0.15) is 0 Å². The van der Waals surface area contributed by atoms with Crippen LogP contribution in [0, 0.1) is 6.92 Å². The third-order valence-electron chi connectivity index (χ3n) is 3.06. The van der Waals surface area contributed by atoms with Crippen LogP contribution < -0.4 is 10.6 Å². The Labute approximate surface area is 124 Å². The molecule has 0 amide bonds. The first-order chi connectivity index (χ1) is 9.65. The van der Waals surface area contributed by atoms with Gasteiger partial charge in [-0.25, -0.2) is 9.97 Å². The molecule has 0 spiro atoms. The fourth-order valence-corrected chi connectivity index (χ4v) is 2.35. The van der Waals surface area contributed by atoms with Crippen LogP contribution in [0.2, 0.25) is 5.02 Å². The average Bonchev–Trinajstić information content (AvgIpc) is 2.43. The normalized spacial score (nSPS) is 10.4. The number of aryl methyl sites for hydroxylation is 1. The summed E-state index contributed by atoms with van der Waals surface area (Å²) in [5.74, 6) is 1.66. The molecule has 1 heterocycles. The van der Waals surface area contributed by atoms with Crippen molar-refractivity contribution in [2.45, 2.75) is 26.7 Å². The number of aromatic nitrogens is 2. The minimum atomic E-state index is 0.692. The molecule has 0 aliphatic rings. The van der Waals surface area contributed by atoms with Crippen molar-refractivity contribution in [2.75, 3.05) is 17.7 Å². The van der Waals surface area contributed by atoms with E-state index in [4.69, 9.17) is 11.6 Å². The van der Waals surface area contributed by atoms with E-state index in [9.17, 15) is 0 Å². The lowest BCUT2D eigenvalue weighted by Gasteiger charge is -2.14. The van der Waals surface area contributed by atoms with Crippen LogP contribution in [0.15, 0.2) is 24.5 Å². The molecule has 0 radical (unpaired) electrons. The Hall–Kier alpha value is -1.81. The number of hydrogen-bond acceptors (Lipinski definition) is 4. The number of benzene rings is 1. The molecule has 4 nitrogen and oxygen atoms in total. The maximum atomic E-state index is 6.26. The highest BCUT2D eigenvalue weighted by molar-refractivity contribution is 6.33. The van der Waals surface area contributed by atoms with E-state index < -0.39 is 0 Å². The molecule has 0 atom stereocenters. The minimum absolute atomic E-state index is 0.692. The van der Waals surface area contributed by atoms with Crippen molar-refractivity contribution in [1.82, 2.24) is 9.97 Å². The van der Waals surface area contributed by atoms with Crippen molar-refractivity contribution in [3.63, 3.8) is 0 Å². The Bertz CT molecular complexity index is 598. The fourth-order valence-electron chi connectivity index (χ4n) is 2.07. The molecule has 1 aromatic carbocycles. The molecule has 2 aromatic rings. The van der Waals surface area contributed by atoms with E-state index >= 15 is 0 Å². The zero-order valence-corrected chi connectivity index (χ0v) is 12.8. The molecule has 2 rings (SSSR count). The molecule has 2 N–H and O–H groups in total. The summed E-state index contributed by atoms with van der Waals surface area (Å²) in [6, 6.07) is 5.92. The molecule has 5 heteroatoms. The van der Waals surface area contributed by atoms with E-state index in [1.807, 2.05) is 32.2 Å². The van der Waals surface area contributed by atoms with Crippen LogP contribution in [0.3, 0.4) is 0 Å². The van der Waals surface area contributed by atoms with Crippen molar-refractivity contribution in [2.24, 2.45) is 0 Å². The van der Waals surface area contributed by atoms with Gasteiger partial charge in [0.25, 0.3) is 0 Å². The maximum Gasteiger partial charge on any atom is 0.139 e. The zero-order valence-electron chi connectivity index (χ0n) is 12.0. The first kappa shape index (κ1) is 14.6. The second-order valence-corrected chi connectivity index (χ2v) is 5.06. The van der Waals surface area contributed by atoms with Crippen LogP contribution >= 0.6 is 11.6 Å². The number of anilines is 3. The van der Waals surface area contributed by atoms with E-state index in [0.717, 1.165) is 41.3 Å². The standard InChI is InChI=1S/C15H19ClN4/c1-4-5-11-14(17-3)18-9-19-15(11)20-13-7-6-10(2)8-12(13)16/h6-9H,4-5H2,1-3H3,(H2,17,18,19,20). The summed E-state index contributed by atoms with van der Waals surface area (Å²) in [6.45, 7) is 4.15. The maximum absolute atomic E-state index is 6.26. The highest BCUT2D eigenvalue weighted by Crippen LogP contribution is 2.29. The van der Waals surface area contributed by atoms with E-state index in [2.05, 4.69) is 27.5 Å². The fraction of sp³-hybridized carbons (Fsp3) is 0.333. The summed E-state index contributed by atoms with van der Waals surface area (Å²) in [7, 11) is 1.87. The topological polar surface area (TPSA) is 49.8 Å². The smallest absolute Gasteiger partial charge is 0.139 e. The summed E-state index contributed by atoms with van der Waals surface area (Å²) in [5.41, 5.74) is 3.07. The molecule has 0 bridgehead atoms. The van der Waals surface area contributed by atoms with Crippen molar-refractivity contribution in [3.8, 4) is 0 Å². The molecule has 1 aromatic heterocycles. The van der Waals surface area contributed by atoms with Crippen molar-refractivity contribution >= 4 is 28.9 Å². The summed E-state index contributed by atoms with van der Waals surface area (Å²) in [4.78, 5) is 8.60. The molecule has 0 aliphatic heterocycles. The number of hydrogen-bond donors (Lipinski definition) is 2. The predicted molar refractivity (Wildman–Crippen MR) is 85.0 cm³/mol. The SMILES string of the molecule is CCCc1c(NC)ncnc1Nc1ccc(C)cc1Cl. The molecule has 106 valence electrons. The van der Waals surface area contributed by atoms with Crippen LogP contribution in [-0.2, 0) is 6.42 Å². The first-order valence-corrected chi connectivity index (χ1v) is 7.08. The van der Waals surface area contributed by atoms with Crippen LogP contribution in [0.4, 0.5) is 17.3 Å². The second-order valence-electron chi connectivity index (χ2n) is 4.66. The molecular weight excluding hydrogens is 272 g/mol. The third-order valence-corrected chi connectivity index (χ3v) is 3.37. The second kappa shape index (κ2) is 6.57. The Morgan fingerprint density at radius 3 is 2.60 bits per heavy atom. The molecule has 0 saturated heterocycles. The van der Waals surface area contributed by atoms with Gasteiger partial charge in [-0.05, 0) is 31.0 Å². The lowest BCUT2D eigenvalue weighted by atomic mass is 10.1. The van der Waals surface area contributed by atoms with Gasteiger partial charge >= 0.3 is 0 Å². The van der Waals surface area contributed by atoms with Crippen molar-refractivity contribution in [1.29, 1.82) is 0 Å². The first-order valence-electron chi connectivity index (χ1n) is 6.70. The summed E-state index contributed by atoms with van der Waals surface area (Å²) >= 11 is 6.26. The van der Waals surface area contributed by atoms with Gasteiger partial charge in [-0.3, -0.25) is 0 Å². The van der Waals surface area contributed by atoms with Gasteiger partial charge in [0.2, 0.25) is 0 Å². The number of nitrogens with one attached hydrogen (secondary N) is 2. The molecule has 0 unspecified atom stereocenters. The van der Waals surface area contributed by atoms with Crippen LogP contribution in [-0.4, -0.2) is 17.0 Å². The summed E-state index contributed by atoms with van der Waals surface area (Å²) in [5, 5.41) is 7.10. The Morgan fingerprint density at radius 1 is 1.20 bits per heavy atom.